The Morgan fingerprint density at radius 2 is 2.20 bits per heavy atom. The minimum Gasteiger partial charge on any atom is -0.385 e. The quantitative estimate of drug-likeness (QED) is 0.616. The third-order valence-electron chi connectivity index (χ3n) is 1.86. The van der Waals surface area contributed by atoms with Crippen LogP contribution in [0.5, 0.6) is 0 Å². The Morgan fingerprint density at radius 1 is 1.53 bits per heavy atom. The first-order valence-corrected chi connectivity index (χ1v) is 4.68. The molecule has 0 fully saturated rings. The van der Waals surface area contributed by atoms with Gasteiger partial charge in [0.1, 0.15) is 0 Å². The van der Waals surface area contributed by atoms with E-state index in [0.717, 1.165) is 12.1 Å². The van der Waals surface area contributed by atoms with E-state index in [9.17, 15) is 14.5 Å². The molecule has 0 radical (unpaired) electrons. The van der Waals surface area contributed by atoms with Gasteiger partial charge in [0.15, 0.2) is 0 Å². The van der Waals surface area contributed by atoms with Crippen molar-refractivity contribution in [3.05, 3.63) is 34.1 Å². The maximum Gasteiger partial charge on any atom is 0.304 e. The number of hydrogen-bond acceptors (Lipinski definition) is 3. The standard InChI is InChI=1S/C10H13FN2O2/c1-7(2)6-12-8-3-4-10(13(14)15)9(11)5-8/h3-5,7,12H,6H2,1-2H3. The van der Waals surface area contributed by atoms with Crippen LogP contribution in [-0.2, 0) is 0 Å². The third-order valence-corrected chi connectivity index (χ3v) is 1.86. The van der Waals surface area contributed by atoms with Crippen molar-refractivity contribution in [1.29, 1.82) is 0 Å². The zero-order chi connectivity index (χ0) is 11.4. The summed E-state index contributed by atoms with van der Waals surface area (Å²) in [5.74, 6) is -0.378. The molecule has 4 nitrogen and oxygen atoms in total. The fraction of sp³-hybridized carbons (Fsp3) is 0.400. The first-order valence-electron chi connectivity index (χ1n) is 4.68. The topological polar surface area (TPSA) is 55.2 Å². The molecule has 0 saturated heterocycles. The van der Waals surface area contributed by atoms with Crippen molar-refractivity contribution in [3.63, 3.8) is 0 Å². The molecule has 0 spiro atoms. The summed E-state index contributed by atoms with van der Waals surface area (Å²) in [6, 6.07) is 3.81. The van der Waals surface area contributed by atoms with Gasteiger partial charge >= 0.3 is 5.69 Å². The van der Waals surface area contributed by atoms with Gasteiger partial charge in [0, 0.05) is 24.4 Å². The fourth-order valence-corrected chi connectivity index (χ4v) is 1.09. The second-order valence-electron chi connectivity index (χ2n) is 3.70. The summed E-state index contributed by atoms with van der Waals surface area (Å²) in [5.41, 5.74) is 0.0666. The molecule has 1 aromatic carbocycles. The van der Waals surface area contributed by atoms with Gasteiger partial charge in [0.05, 0.1) is 4.92 Å². The van der Waals surface area contributed by atoms with Crippen LogP contribution >= 0.6 is 0 Å². The summed E-state index contributed by atoms with van der Waals surface area (Å²) in [5, 5.41) is 13.3. The van der Waals surface area contributed by atoms with Gasteiger partial charge in [-0.3, -0.25) is 10.1 Å². The van der Waals surface area contributed by atoms with E-state index in [2.05, 4.69) is 5.32 Å². The lowest BCUT2D eigenvalue weighted by atomic mass is 10.2. The predicted octanol–water partition coefficient (Wildman–Crippen LogP) is 2.80. The van der Waals surface area contributed by atoms with Crippen LogP contribution in [0.2, 0.25) is 0 Å². The number of nitro groups is 1. The molecule has 82 valence electrons. The van der Waals surface area contributed by atoms with Gasteiger partial charge in [-0.05, 0) is 12.0 Å². The molecule has 0 aliphatic carbocycles. The van der Waals surface area contributed by atoms with Gasteiger partial charge in [-0.25, -0.2) is 0 Å². The number of halogens is 1. The largest absolute Gasteiger partial charge is 0.385 e. The van der Waals surface area contributed by atoms with Crippen LogP contribution in [0, 0.1) is 21.8 Å². The van der Waals surface area contributed by atoms with E-state index in [4.69, 9.17) is 0 Å². The van der Waals surface area contributed by atoms with Crippen molar-refractivity contribution >= 4 is 11.4 Å². The highest BCUT2D eigenvalue weighted by Crippen LogP contribution is 2.20. The Kier molecular flexibility index (Phi) is 3.60. The molecule has 0 saturated carbocycles. The van der Waals surface area contributed by atoms with Crippen LogP contribution in [0.1, 0.15) is 13.8 Å². The van der Waals surface area contributed by atoms with Gasteiger partial charge in [0.2, 0.25) is 5.82 Å². The second-order valence-corrected chi connectivity index (χ2v) is 3.70. The van der Waals surface area contributed by atoms with E-state index < -0.39 is 16.4 Å². The average molecular weight is 212 g/mol. The Hall–Kier alpha value is -1.65. The maximum absolute atomic E-state index is 13.1. The Labute approximate surface area is 87.3 Å². The minimum atomic E-state index is -0.811. The average Bonchev–Trinajstić information content (AvgIpc) is 2.14. The molecule has 0 aromatic heterocycles. The van der Waals surface area contributed by atoms with Crippen LogP contribution in [0.15, 0.2) is 18.2 Å². The molecule has 0 amide bonds. The summed E-state index contributed by atoms with van der Waals surface area (Å²) in [7, 11) is 0. The van der Waals surface area contributed by atoms with E-state index >= 15 is 0 Å². The van der Waals surface area contributed by atoms with Crippen LogP contribution in [0.25, 0.3) is 0 Å². The van der Waals surface area contributed by atoms with Crippen molar-refractivity contribution in [3.8, 4) is 0 Å². The third kappa shape index (κ3) is 3.19. The highest BCUT2D eigenvalue weighted by Gasteiger charge is 2.13. The van der Waals surface area contributed by atoms with E-state index in [0.29, 0.717) is 18.2 Å². The van der Waals surface area contributed by atoms with Crippen LogP contribution in [0.3, 0.4) is 0 Å². The van der Waals surface area contributed by atoms with Crippen molar-refractivity contribution in [2.75, 3.05) is 11.9 Å². The number of rotatable bonds is 4. The van der Waals surface area contributed by atoms with Gasteiger partial charge in [-0.15, -0.1) is 0 Å². The Bertz CT molecular complexity index is 366. The fourth-order valence-electron chi connectivity index (χ4n) is 1.09. The molecule has 5 heteroatoms. The molecule has 0 bridgehead atoms. The zero-order valence-electron chi connectivity index (χ0n) is 8.66. The molecule has 0 aliphatic rings. The summed E-state index contributed by atoms with van der Waals surface area (Å²) in [6.45, 7) is 4.75. The number of nitro benzene ring substituents is 1. The lowest BCUT2D eigenvalue weighted by Gasteiger charge is -2.08. The molecule has 1 aromatic rings. The highest BCUT2D eigenvalue weighted by atomic mass is 19.1. The molecular formula is C10H13FN2O2. The smallest absolute Gasteiger partial charge is 0.304 e. The molecule has 0 atom stereocenters. The first-order chi connectivity index (χ1) is 7.00. The van der Waals surface area contributed by atoms with Gasteiger partial charge < -0.3 is 5.32 Å². The lowest BCUT2D eigenvalue weighted by molar-refractivity contribution is -0.387. The number of anilines is 1. The zero-order valence-corrected chi connectivity index (χ0v) is 8.66. The Morgan fingerprint density at radius 3 is 2.67 bits per heavy atom. The Balaban J connectivity index is 2.78. The van der Waals surface area contributed by atoms with E-state index in [1.54, 1.807) is 0 Å². The summed E-state index contributed by atoms with van der Waals surface area (Å²) in [4.78, 5) is 9.61. The molecule has 0 heterocycles. The van der Waals surface area contributed by atoms with Crippen molar-refractivity contribution < 1.29 is 9.31 Å². The van der Waals surface area contributed by atoms with Crippen molar-refractivity contribution in [2.45, 2.75) is 13.8 Å². The second kappa shape index (κ2) is 4.72. The van der Waals surface area contributed by atoms with Crippen molar-refractivity contribution in [2.24, 2.45) is 5.92 Å². The number of nitrogens with one attached hydrogen (secondary N) is 1. The first kappa shape index (κ1) is 11.4. The van der Waals surface area contributed by atoms with Gasteiger partial charge in [-0.2, -0.15) is 4.39 Å². The summed E-state index contributed by atoms with van der Waals surface area (Å²) < 4.78 is 13.1. The van der Waals surface area contributed by atoms with E-state index in [1.807, 2.05) is 13.8 Å². The molecule has 1 N–H and O–H groups in total. The lowest BCUT2D eigenvalue weighted by Crippen LogP contribution is -2.08. The van der Waals surface area contributed by atoms with Crippen molar-refractivity contribution in [1.82, 2.24) is 0 Å². The monoisotopic (exact) mass is 212 g/mol. The number of hydrogen-bond donors (Lipinski definition) is 1. The molecular weight excluding hydrogens is 199 g/mol. The molecule has 0 unspecified atom stereocenters. The highest BCUT2D eigenvalue weighted by molar-refractivity contribution is 5.49. The van der Waals surface area contributed by atoms with Gasteiger partial charge in [0.25, 0.3) is 0 Å². The SMILES string of the molecule is CC(C)CNc1ccc([N+](=O)[O-])c(F)c1. The predicted molar refractivity (Wildman–Crippen MR) is 56.4 cm³/mol. The van der Waals surface area contributed by atoms with E-state index in [-0.39, 0.29) is 0 Å². The van der Waals surface area contributed by atoms with Crippen LogP contribution < -0.4 is 5.32 Å². The number of nitrogens with zero attached hydrogens (tertiary/aromatic N) is 1. The van der Waals surface area contributed by atoms with Crippen LogP contribution in [-0.4, -0.2) is 11.5 Å². The molecule has 1 rings (SSSR count). The molecule has 15 heavy (non-hydrogen) atoms. The van der Waals surface area contributed by atoms with Crippen LogP contribution in [0.4, 0.5) is 15.8 Å². The van der Waals surface area contributed by atoms with Gasteiger partial charge in [-0.1, -0.05) is 13.8 Å². The van der Waals surface area contributed by atoms with E-state index in [1.165, 1.54) is 6.07 Å². The maximum atomic E-state index is 13.1. The summed E-state index contributed by atoms with van der Waals surface area (Å²) in [6.07, 6.45) is 0. The normalized spacial score (nSPS) is 10.4. The number of benzene rings is 1. The minimum absolute atomic E-state index is 0.434. The summed E-state index contributed by atoms with van der Waals surface area (Å²) >= 11 is 0. The molecule has 0 aliphatic heterocycles.